The van der Waals surface area contributed by atoms with Gasteiger partial charge in [0.25, 0.3) is 0 Å². The molecule has 0 spiro atoms. The first-order valence-electron chi connectivity index (χ1n) is 6.96. The molecule has 0 amide bonds. The van der Waals surface area contributed by atoms with Gasteiger partial charge in [-0.1, -0.05) is 0 Å². The van der Waals surface area contributed by atoms with E-state index in [9.17, 15) is 4.79 Å². The quantitative estimate of drug-likeness (QED) is 0.834. The molecule has 1 aromatic heterocycles. The molecule has 1 aliphatic rings. The zero-order chi connectivity index (χ0) is 13.8. The highest BCUT2D eigenvalue weighted by molar-refractivity contribution is 6.08. The number of nitrogens with zero attached hydrogens (tertiary/aromatic N) is 2. The Hall–Kier alpha value is -2.20. The third-order valence-electron chi connectivity index (χ3n) is 3.62. The summed E-state index contributed by atoms with van der Waals surface area (Å²) in [5.41, 5.74) is 2.54. The predicted octanol–water partition coefficient (Wildman–Crippen LogP) is 0.696. The van der Waals surface area contributed by atoms with E-state index in [4.69, 9.17) is 0 Å². The molecule has 0 aliphatic carbocycles. The number of anilines is 1. The van der Waals surface area contributed by atoms with E-state index < -0.39 is 0 Å². The molecule has 4 nitrogen and oxygen atoms in total. The lowest BCUT2D eigenvalue weighted by Gasteiger charge is -2.27. The Balaban J connectivity index is 1.77. The van der Waals surface area contributed by atoms with Gasteiger partial charge in [0, 0.05) is 29.2 Å². The largest absolute Gasteiger partial charge is 0.360 e. The summed E-state index contributed by atoms with van der Waals surface area (Å²) in [4.78, 5) is 18.6. The van der Waals surface area contributed by atoms with Crippen molar-refractivity contribution >= 4 is 11.5 Å². The molecule has 4 heteroatoms. The Morgan fingerprint density at radius 2 is 1.80 bits per heavy atom. The van der Waals surface area contributed by atoms with Crippen LogP contribution in [0.2, 0.25) is 0 Å². The Morgan fingerprint density at radius 3 is 2.45 bits per heavy atom. The highest BCUT2D eigenvalue weighted by Crippen LogP contribution is 2.17. The third-order valence-corrected chi connectivity index (χ3v) is 3.62. The van der Waals surface area contributed by atoms with Crippen molar-refractivity contribution in [2.24, 2.45) is 0 Å². The molecule has 0 unspecified atom stereocenters. The van der Waals surface area contributed by atoms with Gasteiger partial charge in [-0.15, -0.1) is 0 Å². The van der Waals surface area contributed by atoms with Crippen LogP contribution in [0.4, 0.5) is 5.69 Å². The first-order valence-corrected chi connectivity index (χ1v) is 6.96. The fourth-order valence-electron chi connectivity index (χ4n) is 2.50. The number of pyridine rings is 1. The van der Waals surface area contributed by atoms with Gasteiger partial charge in [0.15, 0.2) is 5.78 Å². The number of ketones is 1. The number of rotatable bonds is 3. The molecular weight excluding hydrogens is 250 g/mol. The fourth-order valence-corrected chi connectivity index (χ4v) is 2.50. The van der Waals surface area contributed by atoms with Gasteiger partial charge >= 0.3 is 0 Å². The summed E-state index contributed by atoms with van der Waals surface area (Å²) in [5, 5.41) is 2.33. The maximum atomic E-state index is 12.3. The summed E-state index contributed by atoms with van der Waals surface area (Å²) in [6.07, 6.45) is 3.28. The molecule has 1 saturated heterocycles. The van der Waals surface area contributed by atoms with E-state index in [2.05, 4.69) is 15.2 Å². The van der Waals surface area contributed by atoms with E-state index in [0.29, 0.717) is 11.1 Å². The summed E-state index contributed by atoms with van der Waals surface area (Å²) in [7, 11) is 0. The Morgan fingerprint density at radius 1 is 1.05 bits per heavy atom. The van der Waals surface area contributed by atoms with E-state index in [0.717, 1.165) is 26.2 Å². The summed E-state index contributed by atoms with van der Waals surface area (Å²) >= 11 is 0. The molecule has 102 valence electrons. The minimum absolute atomic E-state index is 0.0247. The molecule has 1 aromatic carbocycles. The average Bonchev–Trinajstić information content (AvgIpc) is 2.56. The second-order valence-electron chi connectivity index (χ2n) is 4.97. The SMILES string of the molecule is O=C(c1ccc(N2CC[NH2+]CC2)cc1)c1cccnc1. The van der Waals surface area contributed by atoms with Gasteiger partial charge in [0.2, 0.25) is 0 Å². The highest BCUT2D eigenvalue weighted by atomic mass is 16.1. The molecule has 2 aromatic rings. The molecule has 0 radical (unpaired) electrons. The van der Waals surface area contributed by atoms with Crippen molar-refractivity contribution in [1.82, 2.24) is 4.98 Å². The van der Waals surface area contributed by atoms with E-state index in [1.54, 1.807) is 24.5 Å². The zero-order valence-electron chi connectivity index (χ0n) is 11.3. The van der Waals surface area contributed by atoms with Crippen LogP contribution in [0, 0.1) is 0 Å². The molecule has 2 N–H and O–H groups in total. The number of benzene rings is 1. The summed E-state index contributed by atoms with van der Waals surface area (Å²) in [6.45, 7) is 4.40. The van der Waals surface area contributed by atoms with Crippen LogP contribution in [0.25, 0.3) is 0 Å². The summed E-state index contributed by atoms with van der Waals surface area (Å²) < 4.78 is 0. The van der Waals surface area contributed by atoms with Crippen LogP contribution < -0.4 is 10.2 Å². The molecule has 20 heavy (non-hydrogen) atoms. The second kappa shape index (κ2) is 5.84. The van der Waals surface area contributed by atoms with Crippen molar-refractivity contribution in [2.75, 3.05) is 31.1 Å². The Labute approximate surface area is 118 Å². The molecule has 2 heterocycles. The van der Waals surface area contributed by atoms with E-state index in [1.807, 2.05) is 24.3 Å². The van der Waals surface area contributed by atoms with Gasteiger partial charge in [-0.2, -0.15) is 0 Å². The Kier molecular flexibility index (Phi) is 3.74. The lowest BCUT2D eigenvalue weighted by atomic mass is 10.0. The monoisotopic (exact) mass is 268 g/mol. The van der Waals surface area contributed by atoms with Crippen LogP contribution in [0.5, 0.6) is 0 Å². The van der Waals surface area contributed by atoms with Crippen molar-refractivity contribution in [1.29, 1.82) is 0 Å². The number of carbonyl (C=O) groups is 1. The number of carbonyl (C=O) groups excluding carboxylic acids is 1. The lowest BCUT2D eigenvalue weighted by Crippen LogP contribution is -2.89. The Bertz CT molecular complexity index is 574. The van der Waals surface area contributed by atoms with E-state index in [1.165, 1.54) is 5.69 Å². The van der Waals surface area contributed by atoms with Gasteiger partial charge in [0.05, 0.1) is 26.2 Å². The van der Waals surface area contributed by atoms with Gasteiger partial charge < -0.3 is 10.2 Å². The highest BCUT2D eigenvalue weighted by Gasteiger charge is 2.14. The van der Waals surface area contributed by atoms with Gasteiger partial charge in [-0.05, 0) is 36.4 Å². The standard InChI is InChI=1S/C16H17N3O/c20-16(14-2-1-7-18-12-14)13-3-5-15(6-4-13)19-10-8-17-9-11-19/h1-7,12,17H,8-11H2/p+1. The van der Waals surface area contributed by atoms with Crippen LogP contribution in [-0.4, -0.2) is 36.9 Å². The van der Waals surface area contributed by atoms with Gasteiger partial charge in [-0.25, -0.2) is 0 Å². The van der Waals surface area contributed by atoms with Crippen LogP contribution in [0.15, 0.2) is 48.8 Å². The van der Waals surface area contributed by atoms with Crippen molar-refractivity contribution in [3.05, 3.63) is 59.9 Å². The van der Waals surface area contributed by atoms with Crippen LogP contribution in [0.1, 0.15) is 15.9 Å². The molecule has 1 fully saturated rings. The van der Waals surface area contributed by atoms with E-state index in [-0.39, 0.29) is 5.78 Å². The van der Waals surface area contributed by atoms with Crippen LogP contribution in [0.3, 0.4) is 0 Å². The second-order valence-corrected chi connectivity index (χ2v) is 4.97. The lowest BCUT2D eigenvalue weighted by molar-refractivity contribution is -0.655. The van der Waals surface area contributed by atoms with Crippen LogP contribution in [-0.2, 0) is 0 Å². The number of hydrogen-bond donors (Lipinski definition) is 1. The predicted molar refractivity (Wildman–Crippen MR) is 78.0 cm³/mol. The number of piperazine rings is 1. The molecule has 0 bridgehead atoms. The normalized spacial score (nSPS) is 15.1. The van der Waals surface area contributed by atoms with Crippen molar-refractivity contribution in [3.63, 3.8) is 0 Å². The number of aromatic nitrogens is 1. The number of hydrogen-bond acceptors (Lipinski definition) is 3. The summed E-state index contributed by atoms with van der Waals surface area (Å²) in [6, 6.07) is 11.5. The number of nitrogens with two attached hydrogens (primary N) is 1. The minimum atomic E-state index is 0.0247. The van der Waals surface area contributed by atoms with Gasteiger partial charge in [-0.3, -0.25) is 9.78 Å². The first-order chi connectivity index (χ1) is 9.84. The smallest absolute Gasteiger partial charge is 0.194 e. The van der Waals surface area contributed by atoms with Crippen molar-refractivity contribution in [2.45, 2.75) is 0 Å². The van der Waals surface area contributed by atoms with Crippen LogP contribution >= 0.6 is 0 Å². The molecule has 0 saturated carbocycles. The molecule has 1 aliphatic heterocycles. The molecule has 3 rings (SSSR count). The first kappa shape index (κ1) is 12.8. The number of quaternary nitrogens is 1. The van der Waals surface area contributed by atoms with Gasteiger partial charge in [0.1, 0.15) is 0 Å². The van der Waals surface area contributed by atoms with E-state index >= 15 is 0 Å². The topological polar surface area (TPSA) is 49.8 Å². The van der Waals surface area contributed by atoms with Crippen molar-refractivity contribution in [3.8, 4) is 0 Å². The molecule has 0 atom stereocenters. The van der Waals surface area contributed by atoms with Crippen molar-refractivity contribution < 1.29 is 10.1 Å². The average molecular weight is 268 g/mol. The molecular formula is C16H18N3O+. The maximum Gasteiger partial charge on any atom is 0.194 e. The summed E-state index contributed by atoms with van der Waals surface area (Å²) in [5.74, 6) is 0.0247. The third kappa shape index (κ3) is 2.70. The maximum absolute atomic E-state index is 12.3. The minimum Gasteiger partial charge on any atom is -0.360 e. The zero-order valence-corrected chi connectivity index (χ0v) is 11.3. The fraction of sp³-hybridized carbons (Fsp3) is 0.250.